The summed E-state index contributed by atoms with van der Waals surface area (Å²) in [5.74, 6) is 0.256. The van der Waals surface area contributed by atoms with Gasteiger partial charge in [0.2, 0.25) is 0 Å². The summed E-state index contributed by atoms with van der Waals surface area (Å²) in [5, 5.41) is 14.2. The Morgan fingerprint density at radius 3 is 2.19 bits per heavy atom. The lowest BCUT2D eigenvalue weighted by atomic mass is 9.79. The Kier molecular flexibility index (Phi) is 6.80. The second-order valence-electron chi connectivity index (χ2n) is 16.4. The predicted molar refractivity (Wildman–Crippen MR) is 244 cm³/mol. The third-order valence-electron chi connectivity index (χ3n) is 13.3. The van der Waals surface area contributed by atoms with Gasteiger partial charge in [0.25, 0.3) is 0 Å². The second kappa shape index (κ2) is 12.3. The van der Waals surface area contributed by atoms with Gasteiger partial charge in [-0.05, 0) is 132 Å². The Bertz CT molecular complexity index is 3520. The Labute approximate surface area is 335 Å². The van der Waals surface area contributed by atoms with Crippen LogP contribution in [0.1, 0.15) is 53.0 Å². The number of pyridine rings is 2. The van der Waals surface area contributed by atoms with Crippen LogP contribution in [0.25, 0.3) is 99.4 Å². The van der Waals surface area contributed by atoms with E-state index in [-0.39, 0.29) is 5.92 Å². The van der Waals surface area contributed by atoms with Crippen molar-refractivity contribution in [2.24, 2.45) is 4.99 Å². The molecule has 0 N–H and O–H groups in total. The Morgan fingerprint density at radius 2 is 1.33 bits per heavy atom. The number of aromatic nitrogens is 2. The standard InChI is InChI=1S/C55H37N3/c1-3-11-43-39(9-1)40-10-2-5-13-46(40)54-51(43)44-12-4-6-14-47(44)52(58-54)35-18-15-32(16-19-35)38-30-36-20-17-33-21-24-41(45-25-23-37(31-38)49(36)50(33)45)42-27-29-57-55-48(42)26-22-34-8-7-28-56-53(34)55/h1-4,6,9-12,14-23,25-31,41H,5,7-8,13,24H2. The predicted octanol–water partition coefficient (Wildman–Crippen LogP) is 13.4. The number of hydrogen-bond donors (Lipinski definition) is 0. The van der Waals surface area contributed by atoms with Crippen LogP contribution in [0, 0.1) is 0 Å². The molecule has 1 atom stereocenters. The topological polar surface area (TPSA) is 38.1 Å². The van der Waals surface area contributed by atoms with E-state index in [1.807, 2.05) is 12.4 Å². The van der Waals surface area contributed by atoms with E-state index < -0.39 is 0 Å². The highest BCUT2D eigenvalue weighted by Gasteiger charge is 2.25. The molecule has 0 saturated carbocycles. The number of fused-ring (bicyclic) bond motifs is 11. The number of allylic oxidation sites excluding steroid dienone is 1. The van der Waals surface area contributed by atoms with Crippen molar-refractivity contribution >= 4 is 88.9 Å². The average molecular weight is 740 g/mol. The van der Waals surface area contributed by atoms with Gasteiger partial charge in [0.05, 0.1) is 22.4 Å². The number of aliphatic imine (C=N–C) groups is 1. The number of rotatable bonds is 3. The minimum atomic E-state index is 0.256. The average Bonchev–Trinajstić information content (AvgIpc) is 3.30. The summed E-state index contributed by atoms with van der Waals surface area (Å²) in [7, 11) is 0. The van der Waals surface area contributed by atoms with E-state index in [0.717, 1.165) is 60.1 Å². The molecule has 0 amide bonds. The normalized spacial score (nSPS) is 15.8. The van der Waals surface area contributed by atoms with Crippen molar-refractivity contribution in [2.75, 3.05) is 0 Å². The molecule has 8 aromatic carbocycles. The number of hydrogen-bond acceptors (Lipinski definition) is 3. The SMILES string of the molecule is C1=Cc2c(c3nc(-c4ccc(-c5cc6ccc7c8c(ccc(c5)c68)=CCC7c5ccnc6c7c(ccc56)CCC=N7)cc4)c4ccccc4c3c3ccccc23)CC1. The van der Waals surface area contributed by atoms with Crippen molar-refractivity contribution in [2.45, 2.75) is 38.0 Å². The molecule has 0 radical (unpaired) electrons. The Balaban J connectivity index is 0.923. The summed E-state index contributed by atoms with van der Waals surface area (Å²) in [6.07, 6.45) is 16.1. The number of aryl methyl sites for hydroxylation is 2. The van der Waals surface area contributed by atoms with Crippen LogP contribution < -0.4 is 5.22 Å². The summed E-state index contributed by atoms with van der Waals surface area (Å²) in [5.41, 5.74) is 14.6. The van der Waals surface area contributed by atoms with E-state index in [4.69, 9.17) is 15.0 Å². The van der Waals surface area contributed by atoms with Crippen LogP contribution in [0.15, 0.2) is 145 Å². The van der Waals surface area contributed by atoms with Crippen molar-refractivity contribution in [1.29, 1.82) is 0 Å². The molecule has 2 aliphatic carbocycles. The molecule has 2 aromatic heterocycles. The van der Waals surface area contributed by atoms with Crippen LogP contribution >= 0.6 is 0 Å². The van der Waals surface area contributed by atoms with Gasteiger partial charge < -0.3 is 0 Å². The maximum absolute atomic E-state index is 5.56. The highest BCUT2D eigenvalue weighted by atomic mass is 14.8. The van der Waals surface area contributed by atoms with Crippen LogP contribution in [0.5, 0.6) is 0 Å². The molecule has 0 spiro atoms. The monoisotopic (exact) mass is 739 g/mol. The fraction of sp³-hybridized carbons (Fsp3) is 0.109. The first-order valence-corrected chi connectivity index (χ1v) is 20.7. The molecule has 1 unspecified atom stereocenters. The van der Waals surface area contributed by atoms with Gasteiger partial charge in [0, 0.05) is 40.1 Å². The zero-order valence-electron chi connectivity index (χ0n) is 32.0. The summed E-state index contributed by atoms with van der Waals surface area (Å²) in [6, 6.07) is 47.8. The van der Waals surface area contributed by atoms with Gasteiger partial charge in [-0.3, -0.25) is 9.98 Å². The van der Waals surface area contributed by atoms with Gasteiger partial charge in [-0.15, -0.1) is 0 Å². The third kappa shape index (κ3) is 4.59. The van der Waals surface area contributed by atoms with Crippen molar-refractivity contribution in [3.63, 3.8) is 0 Å². The fourth-order valence-electron chi connectivity index (χ4n) is 10.7. The van der Waals surface area contributed by atoms with E-state index in [2.05, 4.69) is 146 Å². The summed E-state index contributed by atoms with van der Waals surface area (Å²) < 4.78 is 0. The highest BCUT2D eigenvalue weighted by molar-refractivity contribution is 6.24. The molecule has 10 aromatic rings. The van der Waals surface area contributed by atoms with E-state index in [1.54, 1.807) is 0 Å². The van der Waals surface area contributed by atoms with Crippen molar-refractivity contribution < 1.29 is 0 Å². The minimum absolute atomic E-state index is 0.256. The van der Waals surface area contributed by atoms with Gasteiger partial charge in [-0.2, -0.15) is 0 Å². The van der Waals surface area contributed by atoms with E-state index in [9.17, 15) is 0 Å². The van der Waals surface area contributed by atoms with Crippen molar-refractivity contribution in [3.8, 4) is 22.4 Å². The molecular weight excluding hydrogens is 703 g/mol. The maximum atomic E-state index is 5.56. The first-order chi connectivity index (χ1) is 28.8. The number of nitrogens with zero attached hydrogens (tertiary/aromatic N) is 3. The summed E-state index contributed by atoms with van der Waals surface area (Å²) in [4.78, 5) is 15.2. The molecule has 3 aliphatic rings. The molecule has 1 aliphatic heterocycles. The van der Waals surface area contributed by atoms with Crippen LogP contribution in [-0.2, 0) is 12.8 Å². The van der Waals surface area contributed by atoms with Gasteiger partial charge in [-0.25, -0.2) is 4.98 Å². The van der Waals surface area contributed by atoms with Gasteiger partial charge in [0.15, 0.2) is 0 Å². The van der Waals surface area contributed by atoms with Crippen LogP contribution in [0.4, 0.5) is 5.69 Å². The quantitative estimate of drug-likeness (QED) is 0.169. The Hall–Kier alpha value is -6.97. The molecule has 0 bridgehead atoms. The minimum Gasteiger partial charge on any atom is -0.259 e. The third-order valence-corrected chi connectivity index (χ3v) is 13.3. The molecule has 3 nitrogen and oxygen atoms in total. The second-order valence-corrected chi connectivity index (χ2v) is 16.4. The molecule has 58 heavy (non-hydrogen) atoms. The number of benzene rings is 8. The van der Waals surface area contributed by atoms with E-state index in [0.29, 0.717) is 0 Å². The van der Waals surface area contributed by atoms with Crippen LogP contribution in [0.3, 0.4) is 0 Å². The molecule has 13 rings (SSSR count). The van der Waals surface area contributed by atoms with Crippen molar-refractivity contribution in [1.82, 2.24) is 9.97 Å². The van der Waals surface area contributed by atoms with E-state index in [1.165, 1.54) is 98.0 Å². The van der Waals surface area contributed by atoms with Gasteiger partial charge in [-0.1, -0.05) is 127 Å². The lowest BCUT2D eigenvalue weighted by Crippen LogP contribution is -2.15. The molecule has 272 valence electrons. The summed E-state index contributed by atoms with van der Waals surface area (Å²) in [6.45, 7) is 0. The van der Waals surface area contributed by atoms with Gasteiger partial charge >= 0.3 is 0 Å². The van der Waals surface area contributed by atoms with Gasteiger partial charge in [0.1, 0.15) is 0 Å². The molecule has 3 heteroatoms. The first kappa shape index (κ1) is 32.2. The zero-order chi connectivity index (χ0) is 37.9. The van der Waals surface area contributed by atoms with Crippen LogP contribution in [0.2, 0.25) is 0 Å². The molecule has 0 fully saturated rings. The largest absolute Gasteiger partial charge is 0.259 e. The maximum Gasteiger partial charge on any atom is 0.0964 e. The smallest absolute Gasteiger partial charge is 0.0964 e. The first-order valence-electron chi connectivity index (χ1n) is 20.7. The Morgan fingerprint density at radius 1 is 0.552 bits per heavy atom. The fourth-order valence-corrected chi connectivity index (χ4v) is 10.7. The van der Waals surface area contributed by atoms with Crippen molar-refractivity contribution in [3.05, 3.63) is 173 Å². The molecule has 0 saturated heterocycles. The molecule has 3 heterocycles. The summed E-state index contributed by atoms with van der Waals surface area (Å²) >= 11 is 0. The highest BCUT2D eigenvalue weighted by Crippen LogP contribution is 2.45. The zero-order valence-corrected chi connectivity index (χ0v) is 32.0. The lowest BCUT2D eigenvalue weighted by molar-refractivity contribution is 0.860. The molecular formula is C55H37N3. The van der Waals surface area contributed by atoms with Crippen LogP contribution in [-0.4, -0.2) is 16.2 Å². The van der Waals surface area contributed by atoms with E-state index >= 15 is 0 Å². The lowest BCUT2D eigenvalue weighted by Gasteiger charge is -2.25.